The molecule has 1 heterocycles. The topological polar surface area (TPSA) is 51.2 Å². The molecule has 0 unspecified atom stereocenters. The van der Waals surface area contributed by atoms with Gasteiger partial charge in [0.1, 0.15) is 9.48 Å². The summed E-state index contributed by atoms with van der Waals surface area (Å²) in [6.07, 6.45) is 22.1. The second kappa shape index (κ2) is 18.2. The molecule has 29 heavy (non-hydrogen) atoms. The Morgan fingerprint density at radius 2 is 1.31 bits per heavy atom. The first-order chi connectivity index (χ1) is 14.2. The van der Waals surface area contributed by atoms with Crippen LogP contribution < -0.4 is 5.32 Å². The van der Waals surface area contributed by atoms with Crippen molar-refractivity contribution in [1.29, 1.82) is 0 Å². The minimum absolute atomic E-state index is 0.343. The van der Waals surface area contributed by atoms with Crippen LogP contribution in [-0.4, -0.2) is 24.6 Å². The van der Waals surface area contributed by atoms with Gasteiger partial charge in [0.05, 0.1) is 7.11 Å². The maximum absolute atomic E-state index is 11.6. The van der Waals surface area contributed by atoms with Gasteiger partial charge in [-0.2, -0.15) is 0 Å². The third-order valence-corrected chi connectivity index (χ3v) is 7.09. The first-order valence-corrected chi connectivity index (χ1v) is 13.3. The van der Waals surface area contributed by atoms with Crippen molar-refractivity contribution in [2.45, 2.75) is 110 Å². The second-order valence-electron chi connectivity index (χ2n) is 7.86. The van der Waals surface area contributed by atoms with Gasteiger partial charge in [-0.25, -0.2) is 9.78 Å². The van der Waals surface area contributed by atoms with Gasteiger partial charge in [0.15, 0.2) is 5.13 Å². The molecule has 0 aliphatic rings. The number of aromatic nitrogens is 1. The fourth-order valence-electron chi connectivity index (χ4n) is 3.46. The largest absolute Gasteiger partial charge is 0.465 e. The van der Waals surface area contributed by atoms with Crippen LogP contribution in [0, 0.1) is 0 Å². The average molecular weight is 490 g/mol. The summed E-state index contributed by atoms with van der Waals surface area (Å²) in [5, 5.41) is 4.08. The molecule has 1 aromatic rings. The van der Waals surface area contributed by atoms with Crippen LogP contribution in [0.5, 0.6) is 0 Å². The average Bonchev–Trinajstić information content (AvgIpc) is 3.10. The minimum atomic E-state index is -0.343. The summed E-state index contributed by atoms with van der Waals surface area (Å²) < 4.78 is 5.30. The first kappa shape index (κ1) is 26.4. The monoisotopic (exact) mass is 488 g/mol. The summed E-state index contributed by atoms with van der Waals surface area (Å²) in [7, 11) is 1.39. The predicted octanol–water partition coefficient (Wildman–Crippen LogP) is 8.37. The zero-order valence-electron chi connectivity index (χ0n) is 18.6. The number of anilines is 1. The molecule has 0 spiro atoms. The number of nitrogens with one attached hydrogen (secondary N) is 1. The normalized spacial score (nSPS) is 11.0. The van der Waals surface area contributed by atoms with E-state index in [9.17, 15) is 4.79 Å². The van der Waals surface area contributed by atoms with Crippen LogP contribution in [0.25, 0.3) is 0 Å². The molecular weight excluding hydrogens is 448 g/mol. The highest BCUT2D eigenvalue weighted by Crippen LogP contribution is 2.27. The molecule has 0 fully saturated rings. The van der Waals surface area contributed by atoms with Crippen molar-refractivity contribution < 1.29 is 9.53 Å². The number of hydrogen-bond donors (Lipinski definition) is 1. The number of nitrogens with zero attached hydrogens (tertiary/aromatic N) is 1. The summed E-state index contributed by atoms with van der Waals surface area (Å²) in [5.41, 5.74) is 0. The summed E-state index contributed by atoms with van der Waals surface area (Å²) in [4.78, 5) is 16.4. The lowest BCUT2D eigenvalue weighted by Gasteiger charge is -2.04. The third-order valence-electron chi connectivity index (χ3n) is 5.26. The lowest BCUT2D eigenvalue weighted by atomic mass is 10.0. The van der Waals surface area contributed by atoms with E-state index in [-0.39, 0.29) is 5.97 Å². The number of ether oxygens (including phenoxy) is 1. The maximum Gasteiger partial charge on any atom is 0.350 e. The van der Waals surface area contributed by atoms with Gasteiger partial charge in [-0.05, 0) is 22.4 Å². The summed E-state index contributed by atoms with van der Waals surface area (Å²) in [6.45, 7) is 3.18. The van der Waals surface area contributed by atoms with E-state index in [2.05, 4.69) is 33.2 Å². The number of halogens is 1. The van der Waals surface area contributed by atoms with Crippen LogP contribution >= 0.6 is 27.3 Å². The SMILES string of the molecule is CCCCCCCCCCCCCCCCCCNc1nc(Br)c(C(=O)OC)s1. The Hall–Kier alpha value is -0.620. The quantitative estimate of drug-likeness (QED) is 0.157. The Balaban J connectivity index is 1.84. The number of hydrogen-bond acceptors (Lipinski definition) is 5. The van der Waals surface area contributed by atoms with Crippen molar-refractivity contribution in [2.24, 2.45) is 0 Å². The molecule has 168 valence electrons. The van der Waals surface area contributed by atoms with Gasteiger partial charge in [-0.1, -0.05) is 115 Å². The van der Waals surface area contributed by atoms with Crippen molar-refractivity contribution in [3.05, 3.63) is 9.48 Å². The van der Waals surface area contributed by atoms with Gasteiger partial charge >= 0.3 is 5.97 Å². The number of carbonyl (C=O) groups is 1. The van der Waals surface area contributed by atoms with Crippen molar-refractivity contribution in [3.8, 4) is 0 Å². The first-order valence-electron chi connectivity index (χ1n) is 11.7. The van der Waals surface area contributed by atoms with Crippen LogP contribution in [0.2, 0.25) is 0 Å². The lowest BCUT2D eigenvalue weighted by Crippen LogP contribution is -2.00. The van der Waals surface area contributed by atoms with E-state index in [1.54, 1.807) is 0 Å². The molecule has 0 radical (unpaired) electrons. The third kappa shape index (κ3) is 13.3. The minimum Gasteiger partial charge on any atom is -0.465 e. The van der Waals surface area contributed by atoms with E-state index in [1.807, 2.05) is 0 Å². The van der Waals surface area contributed by atoms with Gasteiger partial charge in [-0.15, -0.1) is 0 Å². The molecule has 0 bridgehead atoms. The lowest BCUT2D eigenvalue weighted by molar-refractivity contribution is 0.0605. The fraction of sp³-hybridized carbons (Fsp3) is 0.826. The maximum atomic E-state index is 11.6. The number of unbranched alkanes of at least 4 members (excludes halogenated alkanes) is 15. The van der Waals surface area contributed by atoms with E-state index in [0.717, 1.165) is 18.1 Å². The molecule has 0 saturated heterocycles. The molecule has 0 aliphatic carbocycles. The number of carbonyl (C=O) groups excluding carboxylic acids is 1. The molecule has 6 heteroatoms. The van der Waals surface area contributed by atoms with Crippen LogP contribution in [0.3, 0.4) is 0 Å². The standard InChI is InChI=1S/C23H41BrN2O2S/c1-3-4-5-6-7-8-9-10-11-12-13-14-15-16-17-18-19-25-23-26-21(24)20(29-23)22(27)28-2/h3-19H2,1-2H3,(H,25,26). The van der Waals surface area contributed by atoms with Crippen LogP contribution in [0.1, 0.15) is 119 Å². The Labute approximate surface area is 190 Å². The van der Waals surface area contributed by atoms with E-state index in [1.165, 1.54) is 115 Å². The van der Waals surface area contributed by atoms with E-state index >= 15 is 0 Å². The number of thiazole rings is 1. The van der Waals surface area contributed by atoms with Crippen LogP contribution in [-0.2, 0) is 4.74 Å². The highest BCUT2D eigenvalue weighted by atomic mass is 79.9. The summed E-state index contributed by atoms with van der Waals surface area (Å²) in [6, 6.07) is 0. The van der Waals surface area contributed by atoms with Crippen molar-refractivity contribution in [1.82, 2.24) is 4.98 Å². The van der Waals surface area contributed by atoms with E-state index in [4.69, 9.17) is 4.74 Å². The zero-order valence-corrected chi connectivity index (χ0v) is 21.0. The zero-order chi connectivity index (χ0) is 21.2. The molecule has 1 aromatic heterocycles. The Morgan fingerprint density at radius 3 is 1.76 bits per heavy atom. The molecular formula is C23H41BrN2O2S. The van der Waals surface area contributed by atoms with Gasteiger partial charge in [-0.3, -0.25) is 0 Å². The molecule has 1 N–H and O–H groups in total. The predicted molar refractivity (Wildman–Crippen MR) is 129 cm³/mol. The van der Waals surface area contributed by atoms with Crippen LogP contribution in [0.4, 0.5) is 5.13 Å². The van der Waals surface area contributed by atoms with Gasteiger partial charge < -0.3 is 10.1 Å². The fourth-order valence-corrected chi connectivity index (χ4v) is 4.96. The Morgan fingerprint density at radius 1 is 0.862 bits per heavy atom. The smallest absolute Gasteiger partial charge is 0.350 e. The van der Waals surface area contributed by atoms with Crippen molar-refractivity contribution in [2.75, 3.05) is 19.0 Å². The van der Waals surface area contributed by atoms with E-state index < -0.39 is 0 Å². The second-order valence-corrected chi connectivity index (χ2v) is 9.61. The molecule has 0 aromatic carbocycles. The molecule has 0 saturated carbocycles. The summed E-state index contributed by atoms with van der Waals surface area (Å²) >= 11 is 4.65. The highest BCUT2D eigenvalue weighted by Gasteiger charge is 2.16. The highest BCUT2D eigenvalue weighted by molar-refractivity contribution is 9.10. The molecule has 0 amide bonds. The van der Waals surface area contributed by atoms with Gasteiger partial charge in [0.25, 0.3) is 0 Å². The van der Waals surface area contributed by atoms with Crippen molar-refractivity contribution >= 4 is 38.4 Å². The number of rotatable bonds is 19. The van der Waals surface area contributed by atoms with Gasteiger partial charge in [0, 0.05) is 6.54 Å². The number of methoxy groups -OCH3 is 1. The van der Waals surface area contributed by atoms with Crippen molar-refractivity contribution in [3.63, 3.8) is 0 Å². The number of esters is 1. The molecule has 0 atom stereocenters. The molecule has 4 nitrogen and oxygen atoms in total. The van der Waals surface area contributed by atoms with Gasteiger partial charge in [0.2, 0.25) is 0 Å². The van der Waals surface area contributed by atoms with E-state index in [0.29, 0.717) is 9.48 Å². The molecule has 0 aliphatic heterocycles. The Kier molecular flexibility index (Phi) is 16.6. The molecule has 1 rings (SSSR count). The van der Waals surface area contributed by atoms with Crippen LogP contribution in [0.15, 0.2) is 4.60 Å². The Bertz CT molecular complexity index is 537. The summed E-state index contributed by atoms with van der Waals surface area (Å²) in [5.74, 6) is -0.343.